The Hall–Kier alpha value is -0.570. The minimum atomic E-state index is -6.37. The molecule has 1 fully saturated rings. The van der Waals surface area contributed by atoms with Gasteiger partial charge in [-0.2, -0.15) is 30.7 Å². The molecule has 108 valence electrons. The number of rotatable bonds is 4. The Morgan fingerprint density at radius 1 is 1.00 bits per heavy atom. The van der Waals surface area contributed by atoms with Crippen molar-refractivity contribution >= 4 is 0 Å². The maximum Gasteiger partial charge on any atom is 0.462 e. The highest BCUT2D eigenvalue weighted by Crippen LogP contribution is 2.47. The average molecular weight is 284 g/mol. The van der Waals surface area contributed by atoms with E-state index in [0.29, 0.717) is 12.8 Å². The molecule has 1 aliphatic heterocycles. The highest BCUT2D eigenvalue weighted by Gasteiger charge is 2.74. The fourth-order valence-electron chi connectivity index (χ4n) is 1.39. The van der Waals surface area contributed by atoms with E-state index in [1.165, 1.54) is 0 Å². The van der Waals surface area contributed by atoms with Crippen molar-refractivity contribution in [3.8, 4) is 0 Å². The van der Waals surface area contributed by atoms with Crippen LogP contribution in [0.1, 0.15) is 19.3 Å². The molecule has 9 heteroatoms. The molecule has 2 nitrogen and oxygen atoms in total. The van der Waals surface area contributed by atoms with Crippen LogP contribution < -0.4 is 0 Å². The molecule has 0 aromatic heterocycles. The van der Waals surface area contributed by atoms with Crippen molar-refractivity contribution in [3.05, 3.63) is 0 Å². The zero-order chi connectivity index (χ0) is 14.0. The topological polar surface area (TPSA) is 18.5 Å². The second kappa shape index (κ2) is 5.20. The average Bonchev–Trinajstić information content (AvgIpc) is 2.26. The second-order valence-corrected chi connectivity index (χ2v) is 3.89. The normalized spacial score (nSPS) is 23.2. The molecular weight excluding hydrogens is 273 g/mol. The van der Waals surface area contributed by atoms with E-state index in [9.17, 15) is 30.7 Å². The Bertz CT molecular complexity index is 271. The molecule has 0 N–H and O–H groups in total. The van der Waals surface area contributed by atoms with Crippen molar-refractivity contribution < 1.29 is 40.2 Å². The summed E-state index contributed by atoms with van der Waals surface area (Å²) < 4.78 is 93.8. The van der Waals surface area contributed by atoms with E-state index in [1.54, 1.807) is 0 Å². The fraction of sp³-hybridized carbons (Fsp3) is 1.00. The highest BCUT2D eigenvalue weighted by atomic mass is 19.4. The minimum Gasteiger partial charge on any atom is -0.376 e. The van der Waals surface area contributed by atoms with Gasteiger partial charge in [0.2, 0.25) is 0 Å². The van der Waals surface area contributed by atoms with Crippen molar-refractivity contribution in [1.82, 2.24) is 0 Å². The zero-order valence-corrected chi connectivity index (χ0v) is 9.08. The fourth-order valence-corrected chi connectivity index (χ4v) is 1.39. The highest BCUT2D eigenvalue weighted by molar-refractivity contribution is 4.85. The number of hydrogen-bond acceptors (Lipinski definition) is 2. The lowest BCUT2D eigenvalue weighted by molar-refractivity contribution is -0.426. The Morgan fingerprint density at radius 3 is 2.06 bits per heavy atom. The molecular formula is C9H11F7O2. The van der Waals surface area contributed by atoms with Gasteiger partial charge in [-0.1, -0.05) is 0 Å². The SMILES string of the molecule is FC(F)(F)C(F)(F)C(F)(F)OCC1CCCCO1. The molecule has 1 aliphatic rings. The molecule has 0 amide bonds. The van der Waals surface area contributed by atoms with Crippen LogP contribution in [0.15, 0.2) is 0 Å². The van der Waals surface area contributed by atoms with Crippen LogP contribution >= 0.6 is 0 Å². The molecule has 1 heterocycles. The smallest absolute Gasteiger partial charge is 0.376 e. The lowest BCUT2D eigenvalue weighted by atomic mass is 10.1. The van der Waals surface area contributed by atoms with E-state index < -0.39 is 30.9 Å². The van der Waals surface area contributed by atoms with Crippen LogP contribution in [-0.2, 0) is 9.47 Å². The lowest BCUT2D eigenvalue weighted by Gasteiger charge is -2.30. The second-order valence-electron chi connectivity index (χ2n) is 3.89. The van der Waals surface area contributed by atoms with Gasteiger partial charge in [-0.15, -0.1) is 0 Å². The number of alkyl halides is 7. The molecule has 1 unspecified atom stereocenters. The molecule has 1 saturated heterocycles. The van der Waals surface area contributed by atoms with Crippen LogP contribution in [0.25, 0.3) is 0 Å². The van der Waals surface area contributed by atoms with Gasteiger partial charge < -0.3 is 9.47 Å². The van der Waals surface area contributed by atoms with E-state index in [2.05, 4.69) is 4.74 Å². The maximum absolute atomic E-state index is 12.7. The van der Waals surface area contributed by atoms with Gasteiger partial charge in [-0.05, 0) is 19.3 Å². The number of ether oxygens (including phenoxy) is 2. The molecule has 0 aliphatic carbocycles. The molecule has 0 bridgehead atoms. The van der Waals surface area contributed by atoms with Crippen molar-refractivity contribution in [2.75, 3.05) is 13.2 Å². The van der Waals surface area contributed by atoms with Crippen molar-refractivity contribution in [1.29, 1.82) is 0 Å². The summed E-state index contributed by atoms with van der Waals surface area (Å²) in [5.74, 6) is -6.23. The third-order valence-corrected chi connectivity index (χ3v) is 2.45. The third-order valence-electron chi connectivity index (χ3n) is 2.45. The summed E-state index contributed by atoms with van der Waals surface area (Å²) in [5, 5.41) is 0. The zero-order valence-electron chi connectivity index (χ0n) is 9.08. The third kappa shape index (κ3) is 3.25. The van der Waals surface area contributed by atoms with Crippen LogP contribution in [-0.4, -0.2) is 37.5 Å². The van der Waals surface area contributed by atoms with Gasteiger partial charge in [0.15, 0.2) is 0 Å². The summed E-state index contributed by atoms with van der Waals surface area (Å²) in [4.78, 5) is 0. The van der Waals surface area contributed by atoms with Crippen LogP contribution in [0.2, 0.25) is 0 Å². The summed E-state index contributed by atoms with van der Waals surface area (Å²) >= 11 is 0. The molecule has 1 rings (SSSR count). The summed E-state index contributed by atoms with van der Waals surface area (Å²) in [6.45, 7) is -0.756. The summed E-state index contributed by atoms with van der Waals surface area (Å²) in [5.41, 5.74) is 0. The number of hydrogen-bond donors (Lipinski definition) is 0. The molecule has 0 radical (unpaired) electrons. The van der Waals surface area contributed by atoms with Crippen LogP contribution in [0.5, 0.6) is 0 Å². The van der Waals surface area contributed by atoms with E-state index in [4.69, 9.17) is 4.74 Å². The van der Waals surface area contributed by atoms with Crippen molar-refractivity contribution in [3.63, 3.8) is 0 Å². The first kappa shape index (κ1) is 15.5. The molecule has 0 saturated carbocycles. The largest absolute Gasteiger partial charge is 0.462 e. The van der Waals surface area contributed by atoms with E-state index >= 15 is 0 Å². The van der Waals surface area contributed by atoms with Gasteiger partial charge in [-0.3, -0.25) is 0 Å². The Labute approximate surface area is 98.0 Å². The predicted octanol–water partition coefficient (Wildman–Crippen LogP) is 3.36. The number of halogens is 7. The predicted molar refractivity (Wildman–Crippen MR) is 45.5 cm³/mol. The van der Waals surface area contributed by atoms with Gasteiger partial charge in [0.05, 0.1) is 12.7 Å². The van der Waals surface area contributed by atoms with Crippen LogP contribution in [0, 0.1) is 0 Å². The van der Waals surface area contributed by atoms with Crippen LogP contribution in [0.3, 0.4) is 0 Å². The summed E-state index contributed by atoms with van der Waals surface area (Å²) in [6, 6.07) is 0. The summed E-state index contributed by atoms with van der Waals surface area (Å²) in [6.07, 6.45) is -11.3. The summed E-state index contributed by atoms with van der Waals surface area (Å²) in [7, 11) is 0. The molecule has 0 aromatic rings. The van der Waals surface area contributed by atoms with Crippen molar-refractivity contribution in [2.45, 2.75) is 43.6 Å². The molecule has 1 atom stereocenters. The monoisotopic (exact) mass is 284 g/mol. The molecule has 0 spiro atoms. The van der Waals surface area contributed by atoms with E-state index in [0.717, 1.165) is 0 Å². The van der Waals surface area contributed by atoms with Gasteiger partial charge in [0.1, 0.15) is 0 Å². The molecule has 18 heavy (non-hydrogen) atoms. The first-order valence-corrected chi connectivity index (χ1v) is 5.16. The van der Waals surface area contributed by atoms with Gasteiger partial charge in [0, 0.05) is 6.61 Å². The minimum absolute atomic E-state index is 0.245. The van der Waals surface area contributed by atoms with Gasteiger partial charge >= 0.3 is 18.2 Å². The van der Waals surface area contributed by atoms with Crippen LogP contribution in [0.4, 0.5) is 30.7 Å². The first-order chi connectivity index (χ1) is 8.08. The van der Waals surface area contributed by atoms with Crippen molar-refractivity contribution in [2.24, 2.45) is 0 Å². The Balaban J connectivity index is 2.58. The van der Waals surface area contributed by atoms with Gasteiger partial charge in [-0.25, -0.2) is 0 Å². The standard InChI is InChI=1S/C9H11F7O2/c10-7(11,8(12,13)14)9(15,16)18-5-6-3-1-2-4-17-6/h6H,1-5H2. The van der Waals surface area contributed by atoms with Gasteiger partial charge in [0.25, 0.3) is 0 Å². The maximum atomic E-state index is 12.7. The lowest BCUT2D eigenvalue weighted by Crippen LogP contribution is -2.54. The quantitative estimate of drug-likeness (QED) is 0.737. The first-order valence-electron chi connectivity index (χ1n) is 5.16. The molecule has 0 aromatic carbocycles. The Morgan fingerprint density at radius 2 is 1.61 bits per heavy atom. The Kier molecular flexibility index (Phi) is 4.47. The van der Waals surface area contributed by atoms with E-state index in [1.807, 2.05) is 0 Å². The van der Waals surface area contributed by atoms with E-state index in [-0.39, 0.29) is 13.0 Å².